The van der Waals surface area contributed by atoms with Gasteiger partial charge in [-0.25, -0.2) is 4.79 Å². The first-order chi connectivity index (χ1) is 8.24. The average Bonchev–Trinajstić information content (AvgIpc) is 2.25. The summed E-state index contributed by atoms with van der Waals surface area (Å²) in [6, 6.07) is -0.0177. The Morgan fingerprint density at radius 3 is 2.44 bits per heavy atom. The molecule has 100 valence electrons. The predicted octanol–water partition coefficient (Wildman–Crippen LogP) is 2.22. The summed E-state index contributed by atoms with van der Waals surface area (Å²) in [5.41, 5.74) is -0.498. The molecule has 0 aliphatic carbocycles. The molecule has 4 heteroatoms. The second-order valence-corrected chi connectivity index (χ2v) is 5.75. The van der Waals surface area contributed by atoms with Crippen molar-refractivity contribution in [2.75, 3.05) is 6.54 Å². The molecule has 1 aliphatic rings. The third-order valence-electron chi connectivity index (χ3n) is 3.02. The Bertz CT molecular complexity index is 375. The molecule has 2 atom stereocenters. The topological polar surface area (TPSA) is 46.6 Å². The maximum Gasteiger partial charge on any atom is 0.410 e. The number of ketones is 1. The van der Waals surface area contributed by atoms with Crippen molar-refractivity contribution < 1.29 is 14.3 Å². The first kappa shape index (κ1) is 14.6. The van der Waals surface area contributed by atoms with Crippen LogP contribution in [-0.4, -0.2) is 35.0 Å². The van der Waals surface area contributed by atoms with Crippen LogP contribution in [0.3, 0.4) is 0 Å². The van der Waals surface area contributed by atoms with Gasteiger partial charge in [-0.3, -0.25) is 4.79 Å². The number of likely N-dealkylation sites (tertiary alicyclic amines) is 1. The number of amides is 1. The largest absolute Gasteiger partial charge is 0.444 e. The van der Waals surface area contributed by atoms with Crippen LogP contribution in [0.2, 0.25) is 0 Å². The zero-order valence-electron chi connectivity index (χ0n) is 11.5. The summed E-state index contributed by atoms with van der Waals surface area (Å²) in [5, 5.41) is 0. The van der Waals surface area contributed by atoms with Crippen LogP contribution < -0.4 is 0 Å². The van der Waals surface area contributed by atoms with Gasteiger partial charge in [0.05, 0.1) is 0 Å². The van der Waals surface area contributed by atoms with Crippen molar-refractivity contribution >= 4 is 11.9 Å². The molecule has 0 aromatic carbocycles. The maximum atomic E-state index is 11.9. The van der Waals surface area contributed by atoms with Gasteiger partial charge in [-0.1, -0.05) is 0 Å². The average molecular weight is 251 g/mol. The lowest BCUT2D eigenvalue weighted by Gasteiger charge is -2.37. The molecule has 1 rings (SSSR count). The number of carbonyl (C=O) groups excluding carboxylic acids is 2. The van der Waals surface area contributed by atoms with E-state index in [9.17, 15) is 9.59 Å². The van der Waals surface area contributed by atoms with Crippen LogP contribution in [0.1, 0.15) is 40.5 Å². The van der Waals surface area contributed by atoms with Crippen LogP contribution >= 0.6 is 0 Å². The smallest absolute Gasteiger partial charge is 0.410 e. The van der Waals surface area contributed by atoms with E-state index in [0.29, 0.717) is 19.4 Å². The summed E-state index contributed by atoms with van der Waals surface area (Å²) in [6.07, 6.45) is 6.03. The Balaban J connectivity index is 2.61. The second kappa shape index (κ2) is 5.43. The van der Waals surface area contributed by atoms with Crippen LogP contribution in [-0.2, 0) is 9.53 Å². The van der Waals surface area contributed by atoms with Gasteiger partial charge in [0.1, 0.15) is 5.60 Å². The Kier molecular flexibility index (Phi) is 4.39. The van der Waals surface area contributed by atoms with Crippen molar-refractivity contribution in [1.29, 1.82) is 0 Å². The van der Waals surface area contributed by atoms with E-state index in [1.807, 2.05) is 27.7 Å². The zero-order valence-corrected chi connectivity index (χ0v) is 11.5. The quantitative estimate of drug-likeness (QED) is 0.530. The molecule has 0 aromatic rings. The minimum atomic E-state index is -0.498. The van der Waals surface area contributed by atoms with E-state index >= 15 is 0 Å². The van der Waals surface area contributed by atoms with Crippen LogP contribution in [0.15, 0.2) is 0 Å². The van der Waals surface area contributed by atoms with Gasteiger partial charge in [0.25, 0.3) is 0 Å². The number of rotatable bonds is 1. The number of terminal acetylenes is 1. The van der Waals surface area contributed by atoms with Gasteiger partial charge in [-0.15, -0.1) is 6.42 Å². The van der Waals surface area contributed by atoms with Crippen molar-refractivity contribution in [3.63, 3.8) is 0 Å². The van der Waals surface area contributed by atoms with Crippen molar-refractivity contribution in [3.05, 3.63) is 0 Å². The minimum Gasteiger partial charge on any atom is -0.444 e. The monoisotopic (exact) mass is 251 g/mol. The zero-order chi connectivity index (χ0) is 13.9. The molecule has 0 N–H and O–H groups in total. The third-order valence-corrected chi connectivity index (χ3v) is 3.02. The van der Waals surface area contributed by atoms with Crippen molar-refractivity contribution in [1.82, 2.24) is 4.90 Å². The molecule has 1 saturated heterocycles. The second-order valence-electron chi connectivity index (χ2n) is 5.75. The lowest BCUT2D eigenvalue weighted by atomic mass is 9.89. The van der Waals surface area contributed by atoms with E-state index in [0.717, 1.165) is 0 Å². The highest BCUT2D eigenvalue weighted by Gasteiger charge is 2.33. The van der Waals surface area contributed by atoms with E-state index in [-0.39, 0.29) is 23.8 Å². The van der Waals surface area contributed by atoms with Crippen molar-refractivity contribution in [2.24, 2.45) is 5.92 Å². The summed E-state index contributed by atoms with van der Waals surface area (Å²) >= 11 is 0. The van der Waals surface area contributed by atoms with Crippen molar-refractivity contribution in [2.45, 2.75) is 52.2 Å². The molecule has 0 aromatic heterocycles. The van der Waals surface area contributed by atoms with Crippen LogP contribution in [0.5, 0.6) is 0 Å². The van der Waals surface area contributed by atoms with E-state index in [4.69, 9.17) is 11.2 Å². The number of ether oxygens (including phenoxy) is 1. The number of carbonyl (C=O) groups is 2. The molecule has 0 radical (unpaired) electrons. The highest BCUT2D eigenvalue weighted by atomic mass is 16.6. The Hall–Kier alpha value is -1.50. The fourth-order valence-electron chi connectivity index (χ4n) is 2.12. The van der Waals surface area contributed by atoms with Gasteiger partial charge in [-0.2, -0.15) is 0 Å². The molecule has 0 unspecified atom stereocenters. The number of Topliss-reactive ketones (excluding diaryl/α,β-unsaturated/α-hetero) is 1. The fourth-order valence-corrected chi connectivity index (χ4v) is 2.12. The molecular formula is C14H21NO3. The van der Waals surface area contributed by atoms with E-state index in [1.165, 1.54) is 0 Å². The summed E-state index contributed by atoms with van der Waals surface area (Å²) < 4.78 is 5.33. The number of piperidine rings is 1. The first-order valence-electron chi connectivity index (χ1n) is 6.24. The first-order valence-corrected chi connectivity index (χ1v) is 6.24. The Labute approximate surface area is 109 Å². The van der Waals surface area contributed by atoms with Gasteiger partial charge in [0, 0.05) is 18.5 Å². The summed E-state index contributed by atoms with van der Waals surface area (Å²) in [5.74, 6) is 1.88. The van der Waals surface area contributed by atoms with Crippen LogP contribution in [0.4, 0.5) is 4.79 Å². The van der Waals surface area contributed by atoms with Crippen LogP contribution in [0, 0.1) is 18.3 Å². The lowest BCUT2D eigenvalue weighted by Crippen LogP contribution is -2.47. The van der Waals surface area contributed by atoms with Crippen molar-refractivity contribution in [3.8, 4) is 12.3 Å². The number of nitrogens with zero attached hydrogens (tertiary/aromatic N) is 1. The molecule has 18 heavy (non-hydrogen) atoms. The lowest BCUT2D eigenvalue weighted by molar-refractivity contribution is -0.119. The molecule has 1 aliphatic heterocycles. The summed E-state index contributed by atoms with van der Waals surface area (Å²) in [7, 11) is 0. The van der Waals surface area contributed by atoms with Gasteiger partial charge < -0.3 is 9.64 Å². The molecule has 1 amide bonds. The number of hydrogen-bond acceptors (Lipinski definition) is 3. The standard InChI is InChI=1S/C14H21NO3/c1-6-12(16)11-7-8-15(10(2)9-11)13(17)18-14(3,4)5/h1,10-11H,7-9H2,2-5H3/t10-,11-/m1/s1. The van der Waals surface area contributed by atoms with Crippen LogP contribution in [0.25, 0.3) is 0 Å². The van der Waals surface area contributed by atoms with E-state index in [2.05, 4.69) is 5.92 Å². The van der Waals surface area contributed by atoms with Gasteiger partial charge >= 0.3 is 6.09 Å². The van der Waals surface area contributed by atoms with E-state index < -0.39 is 5.60 Å². The molecular weight excluding hydrogens is 230 g/mol. The molecule has 1 fully saturated rings. The molecule has 0 saturated carbocycles. The molecule has 4 nitrogen and oxygen atoms in total. The SMILES string of the molecule is C#CC(=O)[C@@H]1CCN(C(=O)OC(C)(C)C)[C@H](C)C1. The number of hydrogen-bond donors (Lipinski definition) is 0. The normalized spacial score (nSPS) is 24.3. The van der Waals surface area contributed by atoms with E-state index in [1.54, 1.807) is 4.90 Å². The Morgan fingerprint density at radius 1 is 1.39 bits per heavy atom. The highest BCUT2D eigenvalue weighted by molar-refractivity contribution is 5.96. The maximum absolute atomic E-state index is 11.9. The summed E-state index contributed by atoms with van der Waals surface area (Å²) in [4.78, 5) is 25.1. The van der Waals surface area contributed by atoms with Gasteiger partial charge in [0.15, 0.2) is 0 Å². The molecule has 1 heterocycles. The van der Waals surface area contributed by atoms with Gasteiger partial charge in [0.2, 0.25) is 5.78 Å². The highest BCUT2D eigenvalue weighted by Crippen LogP contribution is 2.25. The third kappa shape index (κ3) is 3.76. The molecule has 0 spiro atoms. The predicted molar refractivity (Wildman–Crippen MR) is 69.0 cm³/mol. The molecule has 0 bridgehead atoms. The van der Waals surface area contributed by atoms with Gasteiger partial charge in [-0.05, 0) is 46.5 Å². The minimum absolute atomic E-state index is 0.0177. The Morgan fingerprint density at radius 2 is 2.00 bits per heavy atom. The summed E-state index contributed by atoms with van der Waals surface area (Å²) in [6.45, 7) is 7.95. The fraction of sp³-hybridized carbons (Fsp3) is 0.714.